The van der Waals surface area contributed by atoms with Crippen LogP contribution in [0.2, 0.25) is 0 Å². The minimum atomic E-state index is 0. The molecular formula is C9H18Br2Mg. The van der Waals surface area contributed by atoms with Crippen molar-refractivity contribution < 1.29 is 34.0 Å². The Hall–Kier alpha value is 1.47. The number of rotatable bonds is 6. The molecule has 0 aliphatic rings. The van der Waals surface area contributed by atoms with Crippen LogP contribution in [-0.2, 0) is 0 Å². The van der Waals surface area contributed by atoms with E-state index in [-0.39, 0.29) is 57.0 Å². The van der Waals surface area contributed by atoms with Gasteiger partial charge in [0.15, 0.2) is 0 Å². The number of hydrogen-bond donors (Lipinski definition) is 0. The Morgan fingerprint density at radius 3 is 1.92 bits per heavy atom. The summed E-state index contributed by atoms with van der Waals surface area (Å²) in [5.74, 6) is 0. The van der Waals surface area contributed by atoms with Crippen LogP contribution in [0.25, 0.3) is 0 Å². The molecule has 3 heteroatoms. The predicted molar refractivity (Wildman–Crippen MR) is 49.3 cm³/mol. The zero-order chi connectivity index (χ0) is 6.95. The van der Waals surface area contributed by atoms with Gasteiger partial charge in [-0.3, -0.25) is 0 Å². The summed E-state index contributed by atoms with van der Waals surface area (Å²) in [4.78, 5) is 0. The first-order chi connectivity index (χ1) is 4.41. The van der Waals surface area contributed by atoms with Crippen LogP contribution in [0.4, 0.5) is 0 Å². The summed E-state index contributed by atoms with van der Waals surface area (Å²) in [5.41, 5.74) is 0. The van der Waals surface area contributed by atoms with E-state index in [1.54, 1.807) is 0 Å². The van der Waals surface area contributed by atoms with Gasteiger partial charge in [-0.2, -0.15) is 0 Å². The second-order valence-electron chi connectivity index (χ2n) is 2.49. The summed E-state index contributed by atoms with van der Waals surface area (Å²) in [5, 5.41) is 0. The quantitative estimate of drug-likeness (QED) is 0.282. The fourth-order valence-corrected chi connectivity index (χ4v) is 0.892. The first kappa shape index (κ1) is 23.4. The summed E-state index contributed by atoms with van der Waals surface area (Å²) < 4.78 is 0. The van der Waals surface area contributed by atoms with E-state index in [1.807, 2.05) is 6.08 Å². The first-order valence-electron chi connectivity index (χ1n) is 4.02. The molecule has 12 heavy (non-hydrogen) atoms. The molecule has 0 rings (SSSR count). The van der Waals surface area contributed by atoms with E-state index in [0.29, 0.717) is 0 Å². The molecule has 0 saturated carbocycles. The minimum Gasteiger partial charge on any atom is -1.00 e. The summed E-state index contributed by atoms with van der Waals surface area (Å²) in [7, 11) is 0. The molecule has 0 radical (unpaired) electrons. The third-order valence-electron chi connectivity index (χ3n) is 1.51. The van der Waals surface area contributed by atoms with E-state index in [4.69, 9.17) is 0 Å². The zero-order valence-corrected chi connectivity index (χ0v) is 12.6. The molecule has 0 N–H and O–H groups in total. The van der Waals surface area contributed by atoms with Crippen molar-refractivity contribution in [1.82, 2.24) is 0 Å². The summed E-state index contributed by atoms with van der Waals surface area (Å²) in [6, 6.07) is 0. The molecule has 0 aromatic heterocycles. The van der Waals surface area contributed by atoms with E-state index in [9.17, 15) is 0 Å². The Labute approximate surface area is 114 Å². The standard InChI is InChI=1S/C9H18.2BrH.Mg/c1-3-5-7-9-8-6-4-2;;;/h3H,1,4-9H2,2H3;2*1H;/q;;;+2/p-2. The van der Waals surface area contributed by atoms with Crippen molar-refractivity contribution in [2.75, 3.05) is 0 Å². The predicted octanol–water partition coefficient (Wildman–Crippen LogP) is -2.84. The van der Waals surface area contributed by atoms with Crippen LogP contribution < -0.4 is 34.0 Å². The molecule has 0 atom stereocenters. The summed E-state index contributed by atoms with van der Waals surface area (Å²) in [6.45, 7) is 5.92. The smallest absolute Gasteiger partial charge is 1.00 e. The molecule has 0 fully saturated rings. The van der Waals surface area contributed by atoms with Gasteiger partial charge in [-0.15, -0.1) is 6.58 Å². The number of unbranched alkanes of at least 4 members (excludes halogenated alkanes) is 5. The van der Waals surface area contributed by atoms with Gasteiger partial charge in [0.25, 0.3) is 0 Å². The molecule has 0 bridgehead atoms. The SMILES string of the molecule is C=CCCCCCCC.[Br-].[Br-].[Mg+2]. The largest absolute Gasteiger partial charge is 2.00 e. The minimum absolute atomic E-state index is 0. The molecule has 0 aliphatic heterocycles. The number of allylic oxidation sites excluding steroid dienone is 1. The average Bonchev–Trinajstić information content (AvgIpc) is 1.89. The van der Waals surface area contributed by atoms with Crippen molar-refractivity contribution in [2.45, 2.75) is 45.4 Å². The second-order valence-corrected chi connectivity index (χ2v) is 2.49. The van der Waals surface area contributed by atoms with E-state index in [1.165, 1.54) is 38.5 Å². The summed E-state index contributed by atoms with van der Waals surface area (Å²) >= 11 is 0. The topological polar surface area (TPSA) is 0 Å². The first-order valence-corrected chi connectivity index (χ1v) is 4.02. The maximum absolute atomic E-state index is 3.68. The molecule has 0 aromatic carbocycles. The molecule has 0 nitrogen and oxygen atoms in total. The molecule has 0 saturated heterocycles. The zero-order valence-electron chi connectivity index (χ0n) is 7.99. The van der Waals surface area contributed by atoms with E-state index in [2.05, 4.69) is 13.5 Å². The molecule has 0 spiro atoms. The molecule has 0 aliphatic carbocycles. The Balaban J connectivity index is -0.000000107. The van der Waals surface area contributed by atoms with Gasteiger partial charge in [-0.25, -0.2) is 0 Å². The number of hydrogen-bond acceptors (Lipinski definition) is 0. The van der Waals surface area contributed by atoms with Crippen LogP contribution in [0.15, 0.2) is 12.7 Å². The Morgan fingerprint density at radius 1 is 1.00 bits per heavy atom. The van der Waals surface area contributed by atoms with Crippen molar-refractivity contribution in [3.05, 3.63) is 12.7 Å². The van der Waals surface area contributed by atoms with Crippen LogP contribution >= 0.6 is 0 Å². The molecule has 0 unspecified atom stereocenters. The Bertz CT molecular complexity index is 67.5. The average molecular weight is 310 g/mol. The third kappa shape index (κ3) is 22.5. The molecule has 0 aromatic rings. The van der Waals surface area contributed by atoms with Crippen molar-refractivity contribution in [3.8, 4) is 0 Å². The molecule has 0 heterocycles. The molecule has 70 valence electrons. The van der Waals surface area contributed by atoms with Gasteiger partial charge >= 0.3 is 23.1 Å². The van der Waals surface area contributed by atoms with Crippen molar-refractivity contribution in [2.24, 2.45) is 0 Å². The molecule has 0 amide bonds. The normalized spacial score (nSPS) is 7.08. The van der Waals surface area contributed by atoms with Crippen molar-refractivity contribution in [3.63, 3.8) is 0 Å². The molecular weight excluding hydrogens is 292 g/mol. The van der Waals surface area contributed by atoms with E-state index in [0.717, 1.165) is 0 Å². The van der Waals surface area contributed by atoms with Gasteiger partial charge in [-0.05, 0) is 12.8 Å². The Kier molecular flexibility index (Phi) is 44.5. The van der Waals surface area contributed by atoms with Crippen LogP contribution in [0.1, 0.15) is 45.4 Å². The maximum atomic E-state index is 3.68. The summed E-state index contributed by atoms with van der Waals surface area (Å²) in [6.07, 6.45) is 10.1. The van der Waals surface area contributed by atoms with Gasteiger partial charge < -0.3 is 34.0 Å². The fraction of sp³-hybridized carbons (Fsp3) is 0.778. The Morgan fingerprint density at radius 2 is 1.50 bits per heavy atom. The van der Waals surface area contributed by atoms with Crippen LogP contribution in [0, 0.1) is 0 Å². The maximum Gasteiger partial charge on any atom is 2.00 e. The van der Waals surface area contributed by atoms with Gasteiger partial charge in [0.1, 0.15) is 0 Å². The van der Waals surface area contributed by atoms with Crippen LogP contribution in [-0.4, -0.2) is 23.1 Å². The van der Waals surface area contributed by atoms with Gasteiger partial charge in [0.05, 0.1) is 0 Å². The monoisotopic (exact) mass is 308 g/mol. The van der Waals surface area contributed by atoms with Crippen LogP contribution in [0.5, 0.6) is 0 Å². The van der Waals surface area contributed by atoms with Crippen molar-refractivity contribution in [1.29, 1.82) is 0 Å². The van der Waals surface area contributed by atoms with Gasteiger partial charge in [0, 0.05) is 0 Å². The van der Waals surface area contributed by atoms with Gasteiger partial charge in [-0.1, -0.05) is 38.7 Å². The second kappa shape index (κ2) is 22.9. The van der Waals surface area contributed by atoms with E-state index < -0.39 is 0 Å². The number of halogens is 2. The van der Waals surface area contributed by atoms with Crippen LogP contribution in [0.3, 0.4) is 0 Å². The fourth-order valence-electron chi connectivity index (χ4n) is 0.892. The van der Waals surface area contributed by atoms with Gasteiger partial charge in [0.2, 0.25) is 0 Å². The van der Waals surface area contributed by atoms with E-state index >= 15 is 0 Å². The van der Waals surface area contributed by atoms with Crippen molar-refractivity contribution >= 4 is 23.1 Å². The third-order valence-corrected chi connectivity index (χ3v) is 1.51.